The Morgan fingerprint density at radius 2 is 1.16 bits per heavy atom. The number of fused-ring (bicyclic) bond motifs is 6. The number of benzene rings is 8. The van der Waals surface area contributed by atoms with Gasteiger partial charge in [0.1, 0.15) is 5.82 Å². The Bertz CT molecular complexity index is 2740. The van der Waals surface area contributed by atoms with Crippen LogP contribution in [0.5, 0.6) is 0 Å². The maximum atomic E-state index is 8.71. The standard InChI is InChI=1S/C43H30N2/c1-2-41-44-39-24-11-12-25-40(39)45(41)30-16-13-15-29(26-30)42-34-20-7-9-22-36(34)43(37-23-10-8-21-35(37)42)38-27-28-14-3-4-17-31(28)32-18-5-6-19-33(32)38/h3-27H,2H2,1H3/i1D3,2D2. The van der Waals surface area contributed by atoms with Gasteiger partial charge in [0.05, 0.1) is 11.0 Å². The first-order chi connectivity index (χ1) is 24.2. The van der Waals surface area contributed by atoms with Gasteiger partial charge in [0, 0.05) is 18.9 Å². The van der Waals surface area contributed by atoms with Crippen LogP contribution in [0.15, 0.2) is 152 Å². The number of para-hydroxylation sites is 2. The lowest BCUT2D eigenvalue weighted by Crippen LogP contribution is -2.00. The molecular formula is C43H30N2. The van der Waals surface area contributed by atoms with E-state index in [0.717, 1.165) is 32.7 Å². The molecule has 0 aliphatic rings. The van der Waals surface area contributed by atoms with Crippen molar-refractivity contribution in [3.63, 3.8) is 0 Å². The van der Waals surface area contributed by atoms with Crippen molar-refractivity contribution in [1.82, 2.24) is 9.55 Å². The molecule has 8 aromatic carbocycles. The van der Waals surface area contributed by atoms with Gasteiger partial charge in [0.25, 0.3) is 0 Å². The summed E-state index contributed by atoms with van der Waals surface area (Å²) >= 11 is 0. The summed E-state index contributed by atoms with van der Waals surface area (Å²) in [5.41, 5.74) is 6.14. The molecule has 0 amide bonds. The van der Waals surface area contributed by atoms with Gasteiger partial charge < -0.3 is 0 Å². The maximum Gasteiger partial charge on any atom is 0.114 e. The molecule has 9 rings (SSSR count). The van der Waals surface area contributed by atoms with E-state index < -0.39 is 13.2 Å². The highest BCUT2D eigenvalue weighted by Gasteiger charge is 2.19. The molecule has 212 valence electrons. The molecule has 0 fully saturated rings. The van der Waals surface area contributed by atoms with Crippen LogP contribution < -0.4 is 0 Å². The normalized spacial score (nSPS) is 14.0. The number of hydrogen-bond donors (Lipinski definition) is 0. The van der Waals surface area contributed by atoms with Crippen LogP contribution in [0.2, 0.25) is 0 Å². The fraction of sp³-hybridized carbons (Fsp3) is 0.0465. The third kappa shape index (κ3) is 3.92. The fourth-order valence-corrected chi connectivity index (χ4v) is 7.16. The quantitative estimate of drug-likeness (QED) is 0.150. The molecule has 0 atom stereocenters. The summed E-state index contributed by atoms with van der Waals surface area (Å²) in [4.78, 5) is 4.55. The second kappa shape index (κ2) is 10.2. The number of imidazole rings is 1. The van der Waals surface area contributed by atoms with Gasteiger partial charge in [-0.15, -0.1) is 0 Å². The van der Waals surface area contributed by atoms with E-state index in [9.17, 15) is 0 Å². The average molecular weight is 580 g/mol. The van der Waals surface area contributed by atoms with Gasteiger partial charge in [0.2, 0.25) is 0 Å². The number of aromatic nitrogens is 2. The zero-order valence-corrected chi connectivity index (χ0v) is 24.3. The van der Waals surface area contributed by atoms with Crippen molar-refractivity contribution in [3.05, 3.63) is 157 Å². The molecule has 0 spiro atoms. The lowest BCUT2D eigenvalue weighted by Gasteiger charge is -2.20. The third-order valence-corrected chi connectivity index (χ3v) is 9.03. The molecule has 0 saturated heterocycles. The minimum Gasteiger partial charge on any atom is -0.296 e. The minimum absolute atomic E-state index is 0.149. The lowest BCUT2D eigenvalue weighted by molar-refractivity contribution is 0.908. The van der Waals surface area contributed by atoms with E-state index in [1.807, 2.05) is 36.4 Å². The fourth-order valence-electron chi connectivity index (χ4n) is 7.16. The molecule has 9 aromatic rings. The zero-order valence-electron chi connectivity index (χ0n) is 29.3. The van der Waals surface area contributed by atoms with Crippen LogP contribution in [0.3, 0.4) is 0 Å². The van der Waals surface area contributed by atoms with E-state index in [4.69, 9.17) is 6.85 Å². The average Bonchev–Trinajstić information content (AvgIpc) is 3.54. The van der Waals surface area contributed by atoms with Gasteiger partial charge in [-0.1, -0.05) is 128 Å². The van der Waals surface area contributed by atoms with Gasteiger partial charge in [-0.05, 0) is 95.7 Å². The Balaban J connectivity index is 1.35. The van der Waals surface area contributed by atoms with Gasteiger partial charge >= 0.3 is 0 Å². The van der Waals surface area contributed by atoms with Crippen molar-refractivity contribution >= 4 is 54.1 Å². The highest BCUT2D eigenvalue weighted by atomic mass is 15.1. The molecule has 2 heteroatoms. The van der Waals surface area contributed by atoms with Crippen LogP contribution in [-0.4, -0.2) is 9.55 Å². The van der Waals surface area contributed by atoms with Crippen molar-refractivity contribution in [3.8, 4) is 27.9 Å². The summed E-state index contributed by atoms with van der Waals surface area (Å²) in [5.74, 6) is -0.149. The van der Waals surface area contributed by atoms with E-state index in [1.54, 1.807) is 10.6 Å². The Hall–Kier alpha value is -5.73. The Morgan fingerprint density at radius 1 is 0.556 bits per heavy atom. The summed E-state index contributed by atoms with van der Waals surface area (Å²) in [6.45, 7) is -2.92. The molecule has 1 aromatic heterocycles. The maximum absolute atomic E-state index is 8.71. The Kier molecular flexibility index (Phi) is 4.76. The van der Waals surface area contributed by atoms with Crippen LogP contribution in [0, 0.1) is 0 Å². The molecule has 0 saturated carbocycles. The zero-order chi connectivity index (χ0) is 34.2. The van der Waals surface area contributed by atoms with Crippen molar-refractivity contribution in [2.24, 2.45) is 0 Å². The topological polar surface area (TPSA) is 17.8 Å². The van der Waals surface area contributed by atoms with Crippen LogP contribution in [0.1, 0.15) is 19.5 Å². The molecule has 0 unspecified atom stereocenters. The lowest BCUT2D eigenvalue weighted by atomic mass is 9.84. The first kappa shape index (κ1) is 21.1. The molecule has 1 heterocycles. The number of rotatable bonds is 4. The molecule has 0 aliphatic heterocycles. The van der Waals surface area contributed by atoms with Crippen LogP contribution >= 0.6 is 0 Å². The monoisotopic (exact) mass is 579 g/mol. The van der Waals surface area contributed by atoms with Crippen molar-refractivity contribution in [2.75, 3.05) is 0 Å². The summed E-state index contributed by atoms with van der Waals surface area (Å²) < 4.78 is 43.2. The highest BCUT2D eigenvalue weighted by Crippen LogP contribution is 2.46. The van der Waals surface area contributed by atoms with E-state index in [2.05, 4.69) is 114 Å². The number of aryl methyl sites for hydroxylation is 1. The summed E-state index contributed by atoms with van der Waals surface area (Å²) in [6, 6.07) is 51.8. The van der Waals surface area contributed by atoms with Crippen LogP contribution in [-0.2, 0) is 6.37 Å². The predicted molar refractivity (Wildman–Crippen MR) is 191 cm³/mol. The first-order valence-corrected chi connectivity index (χ1v) is 15.2. The minimum atomic E-state index is -2.92. The second-order valence-corrected chi connectivity index (χ2v) is 11.5. The second-order valence-electron chi connectivity index (χ2n) is 11.5. The highest BCUT2D eigenvalue weighted by molar-refractivity contribution is 6.25. The first-order valence-electron chi connectivity index (χ1n) is 17.7. The summed E-state index contributed by atoms with van der Waals surface area (Å²) in [7, 11) is 0. The Morgan fingerprint density at radius 3 is 1.89 bits per heavy atom. The number of nitrogens with zero attached hydrogens (tertiary/aromatic N) is 2. The molecule has 0 radical (unpaired) electrons. The molecule has 2 nitrogen and oxygen atoms in total. The van der Waals surface area contributed by atoms with E-state index in [1.165, 1.54) is 32.7 Å². The van der Waals surface area contributed by atoms with Crippen LogP contribution in [0.25, 0.3) is 82.1 Å². The molecule has 0 aliphatic carbocycles. The summed E-state index contributed by atoms with van der Waals surface area (Å²) in [5, 5.41) is 9.24. The third-order valence-electron chi connectivity index (χ3n) is 9.03. The van der Waals surface area contributed by atoms with E-state index in [-0.39, 0.29) is 5.82 Å². The van der Waals surface area contributed by atoms with Crippen molar-refractivity contribution in [1.29, 1.82) is 0 Å². The predicted octanol–water partition coefficient (Wildman–Crippen LogP) is 11.5. The smallest absolute Gasteiger partial charge is 0.114 e. The van der Waals surface area contributed by atoms with Gasteiger partial charge in [-0.2, -0.15) is 0 Å². The Labute approximate surface area is 268 Å². The van der Waals surface area contributed by atoms with Crippen molar-refractivity contribution < 1.29 is 6.85 Å². The van der Waals surface area contributed by atoms with Gasteiger partial charge in [-0.25, -0.2) is 4.98 Å². The van der Waals surface area contributed by atoms with Gasteiger partial charge in [-0.3, -0.25) is 4.57 Å². The van der Waals surface area contributed by atoms with Gasteiger partial charge in [0.15, 0.2) is 0 Å². The molecular weight excluding hydrogens is 544 g/mol. The molecule has 0 bridgehead atoms. The van der Waals surface area contributed by atoms with Crippen molar-refractivity contribution in [2.45, 2.75) is 13.2 Å². The number of hydrogen-bond acceptors (Lipinski definition) is 1. The van der Waals surface area contributed by atoms with E-state index >= 15 is 0 Å². The van der Waals surface area contributed by atoms with E-state index in [0.29, 0.717) is 16.7 Å². The molecule has 45 heavy (non-hydrogen) atoms. The largest absolute Gasteiger partial charge is 0.296 e. The summed E-state index contributed by atoms with van der Waals surface area (Å²) in [6.07, 6.45) is -2.69. The SMILES string of the molecule is [2H]C([2H])([2H])C([2H])([2H])c1nc2ccccc2n1-c1cccc(-c2c3ccccc3c(-c3cc4ccccc4c4ccccc34)c3ccccc23)c1. The molecule has 0 N–H and O–H groups in total. The van der Waals surface area contributed by atoms with Crippen LogP contribution in [0.4, 0.5) is 0 Å².